The normalized spacial score (nSPS) is 47.4. The molecular weight excluding hydrogens is 196 g/mol. The molecule has 1 heteroatoms. The van der Waals surface area contributed by atoms with E-state index in [-0.39, 0.29) is 0 Å². The molecule has 5 atom stereocenters. The molecule has 2 bridgehead atoms. The summed E-state index contributed by atoms with van der Waals surface area (Å²) in [6, 6.07) is 0. The lowest BCUT2D eigenvalue weighted by atomic mass is 9.81. The maximum absolute atomic E-state index is 12.4. The third-order valence-corrected chi connectivity index (χ3v) is 4.69. The maximum Gasteiger partial charge on any atom is 0.162 e. The molecule has 0 aromatic carbocycles. The molecule has 0 saturated heterocycles. The average molecular weight is 216 g/mol. The number of hydrogen-bond donors (Lipinski definition) is 0. The Bertz CT molecular complexity index is 388. The minimum atomic E-state index is 0.329. The van der Waals surface area contributed by atoms with Gasteiger partial charge in [0.1, 0.15) is 0 Å². The molecule has 3 aliphatic rings. The van der Waals surface area contributed by atoms with Gasteiger partial charge < -0.3 is 0 Å². The first-order valence-electron chi connectivity index (χ1n) is 6.54. The van der Waals surface area contributed by atoms with Crippen molar-refractivity contribution in [1.29, 1.82) is 0 Å². The lowest BCUT2D eigenvalue weighted by molar-refractivity contribution is -0.119. The molecule has 2 fully saturated rings. The third kappa shape index (κ3) is 1.20. The summed E-state index contributed by atoms with van der Waals surface area (Å²) in [5.74, 6) is 3.63. The highest BCUT2D eigenvalue weighted by molar-refractivity contribution is 6.01. The van der Waals surface area contributed by atoms with E-state index in [0.29, 0.717) is 41.3 Å². The number of ketones is 1. The lowest BCUT2D eigenvalue weighted by Crippen LogP contribution is -2.20. The van der Waals surface area contributed by atoms with Gasteiger partial charge in [0.15, 0.2) is 5.78 Å². The Kier molecular flexibility index (Phi) is 2.14. The Labute approximate surface area is 97.6 Å². The molecule has 2 saturated carbocycles. The molecule has 3 aliphatic carbocycles. The minimum absolute atomic E-state index is 0.329. The summed E-state index contributed by atoms with van der Waals surface area (Å²) < 4.78 is 0. The van der Waals surface area contributed by atoms with Crippen LogP contribution in [0.25, 0.3) is 0 Å². The second-order valence-electron chi connectivity index (χ2n) is 6.07. The molecule has 0 radical (unpaired) electrons. The third-order valence-electron chi connectivity index (χ3n) is 4.69. The predicted octanol–water partition coefficient (Wildman–Crippen LogP) is 3.23. The van der Waals surface area contributed by atoms with Crippen molar-refractivity contribution in [2.45, 2.75) is 27.2 Å². The van der Waals surface area contributed by atoms with Crippen LogP contribution in [0, 0.1) is 35.5 Å². The molecule has 0 amide bonds. The summed E-state index contributed by atoms with van der Waals surface area (Å²) >= 11 is 0. The van der Waals surface area contributed by atoms with Gasteiger partial charge in [-0.1, -0.05) is 39.0 Å². The van der Waals surface area contributed by atoms with E-state index in [9.17, 15) is 4.79 Å². The molecule has 0 heterocycles. The van der Waals surface area contributed by atoms with E-state index in [2.05, 4.69) is 39.0 Å². The van der Waals surface area contributed by atoms with E-state index < -0.39 is 0 Å². The monoisotopic (exact) mass is 216 g/mol. The van der Waals surface area contributed by atoms with Crippen molar-refractivity contribution in [3.63, 3.8) is 0 Å². The summed E-state index contributed by atoms with van der Waals surface area (Å²) in [5, 5.41) is 0. The summed E-state index contributed by atoms with van der Waals surface area (Å²) in [7, 11) is 0. The highest BCUT2D eigenvalue weighted by Gasteiger charge is 2.56. The molecule has 16 heavy (non-hydrogen) atoms. The first-order valence-corrected chi connectivity index (χ1v) is 6.54. The zero-order valence-electron chi connectivity index (χ0n) is 10.3. The van der Waals surface area contributed by atoms with E-state index in [1.54, 1.807) is 0 Å². The van der Waals surface area contributed by atoms with Crippen LogP contribution in [0.15, 0.2) is 23.8 Å². The van der Waals surface area contributed by atoms with Crippen molar-refractivity contribution in [3.05, 3.63) is 23.8 Å². The molecule has 0 N–H and O–H groups in total. The number of carbonyl (C=O) groups is 1. The number of allylic oxidation sites excluding steroid dienone is 4. The number of carbonyl (C=O) groups excluding carboxylic acids is 1. The van der Waals surface area contributed by atoms with Gasteiger partial charge in [0.2, 0.25) is 0 Å². The fourth-order valence-electron chi connectivity index (χ4n) is 4.13. The fraction of sp³-hybridized carbons (Fsp3) is 0.667. The quantitative estimate of drug-likeness (QED) is 0.486. The second-order valence-corrected chi connectivity index (χ2v) is 6.07. The van der Waals surface area contributed by atoms with E-state index in [0.717, 1.165) is 5.57 Å². The van der Waals surface area contributed by atoms with Crippen LogP contribution >= 0.6 is 0 Å². The molecule has 0 aromatic rings. The van der Waals surface area contributed by atoms with Gasteiger partial charge in [0, 0.05) is 5.92 Å². The van der Waals surface area contributed by atoms with E-state index in [1.807, 2.05) is 0 Å². The van der Waals surface area contributed by atoms with Gasteiger partial charge in [0.25, 0.3) is 0 Å². The summed E-state index contributed by atoms with van der Waals surface area (Å²) in [4.78, 5) is 12.4. The van der Waals surface area contributed by atoms with Crippen molar-refractivity contribution >= 4 is 5.78 Å². The topological polar surface area (TPSA) is 17.1 Å². The summed E-state index contributed by atoms with van der Waals surface area (Å²) in [6.07, 6.45) is 8.08. The van der Waals surface area contributed by atoms with Crippen molar-refractivity contribution in [2.24, 2.45) is 35.5 Å². The van der Waals surface area contributed by atoms with Crippen LogP contribution in [0.5, 0.6) is 0 Å². The van der Waals surface area contributed by atoms with E-state index in [4.69, 9.17) is 0 Å². The fourth-order valence-corrected chi connectivity index (χ4v) is 4.13. The van der Waals surface area contributed by atoms with Gasteiger partial charge in [0.05, 0.1) is 0 Å². The maximum atomic E-state index is 12.4. The molecule has 0 unspecified atom stereocenters. The first kappa shape index (κ1) is 10.3. The van der Waals surface area contributed by atoms with Crippen LogP contribution in [0.3, 0.4) is 0 Å². The summed E-state index contributed by atoms with van der Waals surface area (Å²) in [5.41, 5.74) is 1.13. The van der Waals surface area contributed by atoms with Crippen LogP contribution in [0.1, 0.15) is 27.2 Å². The van der Waals surface area contributed by atoms with Crippen LogP contribution in [0.4, 0.5) is 0 Å². The smallest absolute Gasteiger partial charge is 0.162 e. The standard InChI is InChI=1S/C15H20O/c1-8(2)6-12-9(3)13-10-4-5-11(7-10)14(13)15(12)16/h4-6,8-11,13-14H,7H2,1-3H3/b12-6+/t9-,10-,11+,13-,14+/m1/s1. The second kappa shape index (κ2) is 3.32. The Morgan fingerprint density at radius 1 is 1.31 bits per heavy atom. The van der Waals surface area contributed by atoms with Crippen molar-refractivity contribution in [1.82, 2.24) is 0 Å². The van der Waals surface area contributed by atoms with Gasteiger partial charge in [-0.25, -0.2) is 0 Å². The SMILES string of the molecule is CC(C)/C=C1/C(=O)[C@@H]2[C@@H]([C@@H]3C=C[C@H]2C3)[C@@H]1C. The van der Waals surface area contributed by atoms with Crippen molar-refractivity contribution in [2.75, 3.05) is 0 Å². The van der Waals surface area contributed by atoms with Crippen molar-refractivity contribution in [3.8, 4) is 0 Å². The Hall–Kier alpha value is -0.850. The predicted molar refractivity (Wildman–Crippen MR) is 64.8 cm³/mol. The highest BCUT2D eigenvalue weighted by Crippen LogP contribution is 2.57. The first-order chi connectivity index (χ1) is 7.59. The highest BCUT2D eigenvalue weighted by atomic mass is 16.1. The summed E-state index contributed by atoms with van der Waals surface area (Å²) in [6.45, 7) is 6.58. The number of fused-ring (bicyclic) bond motifs is 5. The number of Topliss-reactive ketones (excluding diaryl/α,β-unsaturated/α-hetero) is 1. The van der Waals surface area contributed by atoms with Crippen LogP contribution in [-0.4, -0.2) is 5.78 Å². The Morgan fingerprint density at radius 2 is 2.00 bits per heavy atom. The van der Waals surface area contributed by atoms with Crippen molar-refractivity contribution < 1.29 is 4.79 Å². The molecular formula is C15H20O. The molecule has 86 valence electrons. The zero-order chi connectivity index (χ0) is 11.4. The van der Waals surface area contributed by atoms with Gasteiger partial charge in [-0.2, -0.15) is 0 Å². The Morgan fingerprint density at radius 3 is 2.62 bits per heavy atom. The molecule has 3 rings (SSSR count). The molecule has 0 aliphatic heterocycles. The number of hydrogen-bond acceptors (Lipinski definition) is 1. The van der Waals surface area contributed by atoms with Crippen LogP contribution < -0.4 is 0 Å². The van der Waals surface area contributed by atoms with E-state index >= 15 is 0 Å². The largest absolute Gasteiger partial charge is 0.294 e. The molecule has 0 aromatic heterocycles. The van der Waals surface area contributed by atoms with Gasteiger partial charge >= 0.3 is 0 Å². The van der Waals surface area contributed by atoms with Gasteiger partial charge in [-0.3, -0.25) is 4.79 Å². The molecule has 1 nitrogen and oxygen atoms in total. The number of rotatable bonds is 1. The van der Waals surface area contributed by atoms with E-state index in [1.165, 1.54) is 6.42 Å². The minimum Gasteiger partial charge on any atom is -0.294 e. The average Bonchev–Trinajstić information content (AvgIpc) is 2.87. The Balaban J connectivity index is 1.97. The van der Waals surface area contributed by atoms with Crippen LogP contribution in [0.2, 0.25) is 0 Å². The van der Waals surface area contributed by atoms with Gasteiger partial charge in [-0.05, 0) is 41.6 Å². The van der Waals surface area contributed by atoms with Crippen LogP contribution in [-0.2, 0) is 4.79 Å². The zero-order valence-corrected chi connectivity index (χ0v) is 10.3. The lowest BCUT2D eigenvalue weighted by Gasteiger charge is -2.21. The van der Waals surface area contributed by atoms with Gasteiger partial charge in [-0.15, -0.1) is 0 Å². The molecule has 0 spiro atoms.